The van der Waals surface area contributed by atoms with E-state index < -0.39 is 5.41 Å². The third kappa shape index (κ3) is 3.31. The van der Waals surface area contributed by atoms with Gasteiger partial charge in [-0.25, -0.2) is 0 Å². The summed E-state index contributed by atoms with van der Waals surface area (Å²) in [5.41, 5.74) is 1.89. The first kappa shape index (κ1) is 26.3. The Morgan fingerprint density at radius 2 is 1.69 bits per heavy atom. The average Bonchev–Trinajstić information content (AvgIpc) is 2.80. The van der Waals surface area contributed by atoms with Crippen LogP contribution in [-0.2, 0) is 9.53 Å². The second kappa shape index (κ2) is 8.11. The zero-order valence-corrected chi connectivity index (χ0v) is 24.0. The SMILES string of the molecule is C#CCOC(=O)[C@]12CCC(C)(C)CC1C1=CCC3[C@@]4(C)CC[C@H](O)C(C)(C)C4CC[C@@]3(C)[C@]1(C)CC2. The summed E-state index contributed by atoms with van der Waals surface area (Å²) in [6.07, 6.45) is 18.4. The number of allylic oxidation sites excluding steroid dienone is 2. The highest BCUT2D eigenvalue weighted by Crippen LogP contribution is 2.75. The molecule has 0 saturated heterocycles. The molecular formula is C33H50O3. The molecule has 0 aliphatic heterocycles. The van der Waals surface area contributed by atoms with Crippen LogP contribution < -0.4 is 0 Å². The van der Waals surface area contributed by atoms with E-state index in [1.54, 1.807) is 5.57 Å². The minimum absolute atomic E-state index is 0.0326. The highest BCUT2D eigenvalue weighted by molar-refractivity contribution is 5.79. The van der Waals surface area contributed by atoms with Crippen LogP contribution in [-0.4, -0.2) is 23.8 Å². The predicted molar refractivity (Wildman–Crippen MR) is 145 cm³/mol. The molecule has 36 heavy (non-hydrogen) atoms. The van der Waals surface area contributed by atoms with E-state index in [1.165, 1.54) is 12.8 Å². The van der Waals surface area contributed by atoms with Crippen LogP contribution in [0, 0.1) is 62.6 Å². The van der Waals surface area contributed by atoms with Crippen molar-refractivity contribution >= 4 is 5.97 Å². The highest BCUT2D eigenvalue weighted by Gasteiger charge is 2.69. The molecule has 5 aliphatic rings. The first-order valence-corrected chi connectivity index (χ1v) is 14.7. The lowest BCUT2D eigenvalue weighted by atomic mass is 9.33. The number of terminal acetylenes is 1. The van der Waals surface area contributed by atoms with E-state index >= 15 is 0 Å². The maximum absolute atomic E-state index is 13.6. The number of aliphatic hydroxyl groups excluding tert-OH is 1. The number of esters is 1. The molecule has 1 N–H and O–H groups in total. The van der Waals surface area contributed by atoms with Gasteiger partial charge in [0.1, 0.15) is 0 Å². The van der Waals surface area contributed by atoms with Gasteiger partial charge in [-0.15, -0.1) is 6.42 Å². The number of ether oxygens (including phenoxy) is 1. The Kier molecular flexibility index (Phi) is 5.94. The summed E-state index contributed by atoms with van der Waals surface area (Å²) < 4.78 is 5.70. The minimum atomic E-state index is -0.418. The summed E-state index contributed by atoms with van der Waals surface area (Å²) >= 11 is 0. The largest absolute Gasteiger partial charge is 0.452 e. The quantitative estimate of drug-likeness (QED) is 0.248. The third-order valence-corrected chi connectivity index (χ3v) is 13.3. The number of rotatable bonds is 2. The number of carbonyl (C=O) groups is 1. The van der Waals surface area contributed by atoms with E-state index in [1.807, 2.05) is 0 Å². The van der Waals surface area contributed by atoms with Crippen molar-refractivity contribution in [3.05, 3.63) is 11.6 Å². The van der Waals surface area contributed by atoms with Crippen LogP contribution in [0.1, 0.15) is 113 Å². The molecule has 0 heterocycles. The Morgan fingerprint density at radius 3 is 2.39 bits per heavy atom. The van der Waals surface area contributed by atoms with E-state index in [-0.39, 0.29) is 51.7 Å². The Bertz CT molecular complexity index is 999. The van der Waals surface area contributed by atoms with E-state index in [0.29, 0.717) is 11.8 Å². The molecule has 5 rings (SSSR count). The van der Waals surface area contributed by atoms with Gasteiger partial charge in [-0.2, -0.15) is 0 Å². The van der Waals surface area contributed by atoms with Crippen LogP contribution in [0.15, 0.2) is 11.6 Å². The van der Waals surface area contributed by atoms with Crippen molar-refractivity contribution in [3.63, 3.8) is 0 Å². The second-order valence-electron chi connectivity index (χ2n) is 15.5. The van der Waals surface area contributed by atoms with Crippen LogP contribution in [0.5, 0.6) is 0 Å². The lowest BCUT2D eigenvalue weighted by Gasteiger charge is -2.71. The van der Waals surface area contributed by atoms with Gasteiger partial charge in [0.25, 0.3) is 0 Å². The molecule has 0 aromatic rings. The van der Waals surface area contributed by atoms with Gasteiger partial charge in [-0.3, -0.25) is 4.79 Å². The molecular weight excluding hydrogens is 444 g/mol. The van der Waals surface area contributed by atoms with Crippen molar-refractivity contribution in [2.24, 2.45) is 50.2 Å². The Hall–Kier alpha value is -1.27. The molecule has 0 spiro atoms. The predicted octanol–water partition coefficient (Wildman–Crippen LogP) is 7.33. The lowest BCUT2D eigenvalue weighted by Crippen LogP contribution is -2.65. The molecule has 0 amide bonds. The molecule has 3 unspecified atom stereocenters. The van der Waals surface area contributed by atoms with Gasteiger partial charge in [-0.05, 0) is 109 Å². The minimum Gasteiger partial charge on any atom is -0.452 e. The van der Waals surface area contributed by atoms with Crippen molar-refractivity contribution in [2.75, 3.05) is 6.61 Å². The molecule has 3 heteroatoms. The fourth-order valence-electron chi connectivity index (χ4n) is 10.9. The van der Waals surface area contributed by atoms with Crippen molar-refractivity contribution in [1.29, 1.82) is 0 Å². The fraction of sp³-hybridized carbons (Fsp3) is 0.848. The first-order chi connectivity index (χ1) is 16.7. The van der Waals surface area contributed by atoms with Gasteiger partial charge in [0.05, 0.1) is 11.5 Å². The summed E-state index contributed by atoms with van der Waals surface area (Å²) in [5, 5.41) is 10.9. The maximum Gasteiger partial charge on any atom is 0.313 e. The molecule has 200 valence electrons. The summed E-state index contributed by atoms with van der Waals surface area (Å²) in [7, 11) is 0. The van der Waals surface area contributed by atoms with E-state index in [0.717, 1.165) is 51.4 Å². The Labute approximate surface area is 220 Å². The summed E-state index contributed by atoms with van der Waals surface area (Å²) in [6.45, 7) is 17.2. The van der Waals surface area contributed by atoms with Crippen LogP contribution in [0.2, 0.25) is 0 Å². The molecule has 4 fully saturated rings. The van der Waals surface area contributed by atoms with Crippen molar-refractivity contribution < 1.29 is 14.6 Å². The topological polar surface area (TPSA) is 46.5 Å². The zero-order chi connectivity index (χ0) is 26.4. The number of hydrogen-bond acceptors (Lipinski definition) is 3. The molecule has 0 aromatic carbocycles. The van der Waals surface area contributed by atoms with Crippen LogP contribution in [0.25, 0.3) is 0 Å². The molecule has 8 atom stereocenters. The average molecular weight is 495 g/mol. The van der Waals surface area contributed by atoms with E-state index in [2.05, 4.69) is 60.5 Å². The molecule has 4 saturated carbocycles. The zero-order valence-electron chi connectivity index (χ0n) is 24.0. The third-order valence-electron chi connectivity index (χ3n) is 13.3. The van der Waals surface area contributed by atoms with E-state index in [4.69, 9.17) is 11.2 Å². The van der Waals surface area contributed by atoms with Gasteiger partial charge >= 0.3 is 5.97 Å². The number of fused-ring (bicyclic) bond motifs is 7. The van der Waals surface area contributed by atoms with Gasteiger partial charge < -0.3 is 9.84 Å². The van der Waals surface area contributed by atoms with Gasteiger partial charge in [0.2, 0.25) is 0 Å². The molecule has 5 aliphatic carbocycles. The van der Waals surface area contributed by atoms with Crippen LogP contribution in [0.3, 0.4) is 0 Å². The molecule has 0 aromatic heterocycles. The van der Waals surface area contributed by atoms with E-state index in [9.17, 15) is 9.90 Å². The Morgan fingerprint density at radius 1 is 1.00 bits per heavy atom. The second-order valence-corrected chi connectivity index (χ2v) is 15.5. The number of carbonyl (C=O) groups excluding carboxylic acids is 1. The first-order valence-electron chi connectivity index (χ1n) is 14.7. The maximum atomic E-state index is 13.6. The lowest BCUT2D eigenvalue weighted by molar-refractivity contribution is -0.206. The summed E-state index contributed by atoms with van der Waals surface area (Å²) in [6, 6.07) is 0. The normalized spacial score (nSPS) is 48.7. The fourth-order valence-corrected chi connectivity index (χ4v) is 10.9. The molecule has 0 bridgehead atoms. The highest BCUT2D eigenvalue weighted by atomic mass is 16.5. The van der Waals surface area contributed by atoms with Gasteiger partial charge in [0, 0.05) is 0 Å². The number of aliphatic hydroxyl groups is 1. The van der Waals surface area contributed by atoms with Gasteiger partial charge in [0.15, 0.2) is 6.61 Å². The molecule has 0 radical (unpaired) electrons. The summed E-state index contributed by atoms with van der Waals surface area (Å²) in [4.78, 5) is 13.6. The van der Waals surface area contributed by atoms with Crippen molar-refractivity contribution in [3.8, 4) is 12.3 Å². The Balaban J connectivity index is 1.58. The smallest absolute Gasteiger partial charge is 0.313 e. The number of hydrogen-bond donors (Lipinski definition) is 1. The van der Waals surface area contributed by atoms with Gasteiger partial charge in [-0.1, -0.05) is 66.0 Å². The van der Waals surface area contributed by atoms with Crippen molar-refractivity contribution in [1.82, 2.24) is 0 Å². The molecule has 3 nitrogen and oxygen atoms in total. The standard InChI is InChI=1S/C33H50O3/c1-9-20-36-27(35)33-18-16-28(2,3)21-23(33)22-10-11-25-30(6)14-13-26(34)29(4,5)24(30)12-15-32(25,8)31(22,7)17-19-33/h1,10,23-26,34H,11-21H2,2-8H3/t23?,24?,25?,26-,30-,31+,32+,33-/m0/s1. The monoisotopic (exact) mass is 494 g/mol. The van der Waals surface area contributed by atoms with Crippen LogP contribution in [0.4, 0.5) is 0 Å². The van der Waals surface area contributed by atoms with Crippen LogP contribution >= 0.6 is 0 Å². The summed E-state index contributed by atoms with van der Waals surface area (Å²) in [5.74, 6) is 3.89. The van der Waals surface area contributed by atoms with Crippen molar-refractivity contribution in [2.45, 2.75) is 119 Å².